The molecule has 0 radical (unpaired) electrons. The zero-order chi connectivity index (χ0) is 35.6. The summed E-state index contributed by atoms with van der Waals surface area (Å²) in [7, 11) is 0. The standard InChI is InChI=1S/C45H59N3O4/c1-4-8-33-14-16-38-44-18-17-31(34-21-27(3)20-30-13-15-36-32-22-28(24-47(33)26-32)25-48(36)40(30)34)23-43(44,42(50)51-38)37(9-5-2)45(44)35-12-6-10-29(11-7-19-46)39(35)41(49)52-45/h6,10,12,16,23,27-28,32-34,36-37H,4-5,7-9,11,13-15,17-22,24-26,46H2,1-3H3/b38-16+/t27-,28+,32-,33-,34+,36+,37-,43-,44+,45+/m0/s1. The summed E-state index contributed by atoms with van der Waals surface area (Å²) in [6.45, 7) is 11.1. The van der Waals surface area contributed by atoms with Crippen molar-refractivity contribution in [2.24, 2.45) is 46.2 Å². The minimum atomic E-state index is -0.927. The molecule has 10 bridgehead atoms. The average molecular weight is 706 g/mol. The van der Waals surface area contributed by atoms with Gasteiger partial charge in [-0.1, -0.05) is 69.0 Å². The first kappa shape index (κ1) is 33.7. The number of fused-ring (bicyclic) bond motifs is 2. The number of nitrogens with zero attached hydrogens (tertiary/aromatic N) is 2. The molecule has 11 atom stereocenters. The molecule has 0 amide bonds. The van der Waals surface area contributed by atoms with Crippen molar-refractivity contribution in [3.63, 3.8) is 0 Å². The van der Waals surface area contributed by atoms with Crippen LogP contribution in [0.25, 0.3) is 0 Å². The first-order valence-corrected chi connectivity index (χ1v) is 21.2. The number of rotatable bonds is 7. The van der Waals surface area contributed by atoms with Gasteiger partial charge in [0, 0.05) is 54.8 Å². The summed E-state index contributed by atoms with van der Waals surface area (Å²) in [5.74, 6) is 2.67. The zero-order valence-electron chi connectivity index (χ0n) is 31.8. The van der Waals surface area contributed by atoms with Crippen LogP contribution in [-0.2, 0) is 26.3 Å². The summed E-state index contributed by atoms with van der Waals surface area (Å²) in [5, 5.41) is 0. The Kier molecular flexibility index (Phi) is 7.80. The molecule has 1 unspecified atom stereocenters. The van der Waals surface area contributed by atoms with E-state index < -0.39 is 16.4 Å². The molecule has 278 valence electrons. The smallest absolute Gasteiger partial charge is 0.339 e. The maximum atomic E-state index is 15.1. The third kappa shape index (κ3) is 4.16. The molecule has 3 saturated heterocycles. The molecule has 1 aromatic rings. The van der Waals surface area contributed by atoms with Crippen molar-refractivity contribution >= 4 is 11.9 Å². The number of hydrogen-bond donors (Lipinski definition) is 1. The molecule has 7 nitrogen and oxygen atoms in total. The number of aryl methyl sites for hydroxylation is 1. The fourth-order valence-corrected chi connectivity index (χ4v) is 14.3. The van der Waals surface area contributed by atoms with Crippen molar-refractivity contribution in [1.82, 2.24) is 9.80 Å². The van der Waals surface area contributed by atoms with Gasteiger partial charge in [-0.05, 0) is 113 Å². The summed E-state index contributed by atoms with van der Waals surface area (Å²) in [6.07, 6.45) is 19.1. The predicted octanol–water partition coefficient (Wildman–Crippen LogP) is 7.80. The molecule has 12 aliphatic rings. The molecule has 9 heterocycles. The lowest BCUT2D eigenvalue weighted by molar-refractivity contribution is -0.271. The Labute approximate surface area is 310 Å². The van der Waals surface area contributed by atoms with Gasteiger partial charge in [0.2, 0.25) is 0 Å². The molecule has 2 spiro atoms. The quantitative estimate of drug-likeness (QED) is 0.229. The molecule has 4 fully saturated rings. The van der Waals surface area contributed by atoms with Gasteiger partial charge < -0.3 is 20.1 Å². The Balaban J connectivity index is 1.21. The van der Waals surface area contributed by atoms with Gasteiger partial charge in [0.1, 0.15) is 11.2 Å². The Hall–Kier alpha value is -2.90. The number of allylic oxidation sites excluding steroid dienone is 2. The van der Waals surface area contributed by atoms with Crippen LogP contribution in [0.1, 0.15) is 126 Å². The van der Waals surface area contributed by atoms with E-state index in [1.807, 2.05) is 0 Å². The Morgan fingerprint density at radius 2 is 1.90 bits per heavy atom. The van der Waals surface area contributed by atoms with Crippen molar-refractivity contribution in [3.05, 3.63) is 69.6 Å². The number of hydrogen-bond acceptors (Lipinski definition) is 7. The van der Waals surface area contributed by atoms with Crippen LogP contribution in [0.2, 0.25) is 0 Å². The number of piperidine rings is 2. The number of nitrogens with two attached hydrogens (primary N) is 1. The van der Waals surface area contributed by atoms with Gasteiger partial charge in [0.25, 0.3) is 0 Å². The molecule has 13 rings (SSSR count). The molecule has 1 saturated carbocycles. The highest BCUT2D eigenvalue weighted by Crippen LogP contribution is 2.84. The Morgan fingerprint density at radius 1 is 1.04 bits per heavy atom. The monoisotopic (exact) mass is 705 g/mol. The van der Waals surface area contributed by atoms with E-state index in [0.717, 1.165) is 93.2 Å². The number of carbonyl (C=O) groups excluding carboxylic acids is 2. The van der Waals surface area contributed by atoms with E-state index >= 15 is 4.79 Å². The van der Waals surface area contributed by atoms with E-state index in [2.05, 4.69) is 60.9 Å². The number of benzene rings is 1. The number of esters is 2. The van der Waals surface area contributed by atoms with Crippen LogP contribution in [0.15, 0.2) is 53.0 Å². The summed E-state index contributed by atoms with van der Waals surface area (Å²) < 4.78 is 13.7. The van der Waals surface area contributed by atoms with Crippen LogP contribution >= 0.6 is 0 Å². The van der Waals surface area contributed by atoms with E-state index in [0.29, 0.717) is 42.3 Å². The van der Waals surface area contributed by atoms with Crippen molar-refractivity contribution < 1.29 is 19.1 Å². The fourth-order valence-electron chi connectivity index (χ4n) is 14.3. The molecular weight excluding hydrogens is 647 g/mol. The molecule has 2 N–H and O–H groups in total. The van der Waals surface area contributed by atoms with Crippen molar-refractivity contribution in [2.45, 2.75) is 128 Å². The van der Waals surface area contributed by atoms with E-state index in [9.17, 15) is 4.79 Å². The third-order valence-corrected chi connectivity index (χ3v) is 15.9. The van der Waals surface area contributed by atoms with Gasteiger partial charge >= 0.3 is 11.9 Å². The van der Waals surface area contributed by atoms with Gasteiger partial charge in [-0.25, -0.2) is 4.79 Å². The molecule has 7 heteroatoms. The highest BCUT2D eigenvalue weighted by atomic mass is 16.6. The van der Waals surface area contributed by atoms with E-state index in [-0.39, 0.29) is 17.9 Å². The summed E-state index contributed by atoms with van der Waals surface area (Å²) in [5.41, 5.74) is 11.0. The first-order valence-electron chi connectivity index (χ1n) is 21.2. The second-order valence-electron chi connectivity index (χ2n) is 18.5. The van der Waals surface area contributed by atoms with Crippen molar-refractivity contribution in [3.8, 4) is 0 Å². The van der Waals surface area contributed by atoms with Crippen molar-refractivity contribution in [2.75, 3.05) is 26.2 Å². The minimum Gasteiger partial charge on any atom is -0.449 e. The highest BCUT2D eigenvalue weighted by molar-refractivity contribution is 5.99. The molecule has 0 aromatic heterocycles. The van der Waals surface area contributed by atoms with Crippen LogP contribution in [0.5, 0.6) is 0 Å². The molecular formula is C45H59N3O4. The van der Waals surface area contributed by atoms with Crippen LogP contribution < -0.4 is 5.73 Å². The van der Waals surface area contributed by atoms with E-state index in [4.69, 9.17) is 15.2 Å². The topological polar surface area (TPSA) is 85.1 Å². The lowest BCUT2D eigenvalue weighted by Crippen LogP contribution is -2.75. The molecule has 9 aliphatic heterocycles. The van der Waals surface area contributed by atoms with Gasteiger partial charge in [-0.2, -0.15) is 0 Å². The SMILES string of the molecule is CCC[C@H]1C/C=C2/OC(=O)[C@@]34C=C(CC[C@@]23[C@]2(OC(=O)c3c(CCCN)cccc32)[C@H]4CCC)[C@H]2C[C@@H](C)CC3=C2N2C[C@@H]4C[C@@H](CN1C4)[C@H]2CC3. The van der Waals surface area contributed by atoms with Crippen LogP contribution in [0.4, 0.5) is 0 Å². The largest absolute Gasteiger partial charge is 0.449 e. The van der Waals surface area contributed by atoms with Gasteiger partial charge in [-0.15, -0.1) is 0 Å². The highest BCUT2D eigenvalue weighted by Gasteiger charge is 2.91. The van der Waals surface area contributed by atoms with Crippen LogP contribution in [0, 0.1) is 40.4 Å². The lowest BCUT2D eigenvalue weighted by atomic mass is 9.31. The summed E-state index contributed by atoms with van der Waals surface area (Å²) >= 11 is 0. The van der Waals surface area contributed by atoms with Crippen LogP contribution in [-0.4, -0.2) is 60.0 Å². The molecule has 1 aromatic carbocycles. The normalized spacial score (nSPS) is 43.3. The lowest BCUT2D eigenvalue weighted by Gasteiger charge is -2.69. The van der Waals surface area contributed by atoms with E-state index in [1.165, 1.54) is 44.3 Å². The second-order valence-corrected chi connectivity index (χ2v) is 18.5. The van der Waals surface area contributed by atoms with Crippen LogP contribution in [0.3, 0.4) is 0 Å². The summed E-state index contributed by atoms with van der Waals surface area (Å²) in [6, 6.07) is 7.37. The molecule has 52 heavy (non-hydrogen) atoms. The zero-order valence-corrected chi connectivity index (χ0v) is 31.8. The number of carbonyl (C=O) groups is 2. The Morgan fingerprint density at radius 3 is 2.73 bits per heavy atom. The fraction of sp³-hybridized carbons (Fsp3) is 0.689. The van der Waals surface area contributed by atoms with Gasteiger partial charge in [0.15, 0.2) is 5.60 Å². The van der Waals surface area contributed by atoms with E-state index in [1.54, 1.807) is 11.3 Å². The predicted molar refractivity (Wildman–Crippen MR) is 201 cm³/mol. The van der Waals surface area contributed by atoms with Crippen molar-refractivity contribution in [1.29, 1.82) is 0 Å². The second kappa shape index (κ2) is 12.1. The average Bonchev–Trinajstić information content (AvgIpc) is 3.58. The molecule has 3 aliphatic carbocycles. The first-order chi connectivity index (χ1) is 25.3. The number of ether oxygens (including phenoxy) is 2. The minimum absolute atomic E-state index is 0.107. The van der Waals surface area contributed by atoms with Gasteiger partial charge in [0.05, 0.1) is 11.0 Å². The maximum absolute atomic E-state index is 15.1. The van der Waals surface area contributed by atoms with Gasteiger partial charge in [-0.3, -0.25) is 9.69 Å². The third-order valence-electron chi connectivity index (χ3n) is 15.9. The summed E-state index contributed by atoms with van der Waals surface area (Å²) in [4.78, 5) is 35.2. The Bertz CT molecular complexity index is 1800. The maximum Gasteiger partial charge on any atom is 0.339 e.